The summed E-state index contributed by atoms with van der Waals surface area (Å²) in [7, 11) is 0. The smallest absolute Gasteiger partial charge is 0.126 e. The molecule has 0 aromatic rings. The predicted molar refractivity (Wildman–Crippen MR) is 37.2 cm³/mol. The highest BCUT2D eigenvalue weighted by Gasteiger charge is 2.46. The molecule has 1 atom stereocenters. The molecule has 0 aromatic heterocycles. The highest BCUT2D eigenvalue weighted by atomic mass is 16.5. The molecule has 1 N–H and O–H groups in total. The van der Waals surface area contributed by atoms with Gasteiger partial charge in [-0.1, -0.05) is 0 Å². The summed E-state index contributed by atoms with van der Waals surface area (Å²) >= 11 is 0. The Labute approximate surface area is 56.6 Å². The molecule has 1 heterocycles. The SMILES string of the molecule is CC(C)OC1NC1(C)C. The summed E-state index contributed by atoms with van der Waals surface area (Å²) in [5.74, 6) is 0. The zero-order chi connectivity index (χ0) is 7.07. The summed E-state index contributed by atoms with van der Waals surface area (Å²) in [6.45, 7) is 8.38. The van der Waals surface area contributed by atoms with Crippen molar-refractivity contribution in [2.75, 3.05) is 0 Å². The normalized spacial score (nSPS) is 31.0. The first-order valence-corrected chi connectivity index (χ1v) is 3.45. The molecule has 1 unspecified atom stereocenters. The molecule has 2 nitrogen and oxygen atoms in total. The second kappa shape index (κ2) is 1.96. The van der Waals surface area contributed by atoms with Gasteiger partial charge in [0.1, 0.15) is 6.23 Å². The lowest BCUT2D eigenvalue weighted by Crippen LogP contribution is -2.11. The number of ether oxygens (including phenoxy) is 1. The summed E-state index contributed by atoms with van der Waals surface area (Å²) in [6, 6.07) is 0. The van der Waals surface area contributed by atoms with Gasteiger partial charge in [-0.05, 0) is 27.7 Å². The molecule has 9 heavy (non-hydrogen) atoms. The maximum atomic E-state index is 5.47. The van der Waals surface area contributed by atoms with Crippen LogP contribution in [0.4, 0.5) is 0 Å². The van der Waals surface area contributed by atoms with E-state index in [2.05, 4.69) is 33.0 Å². The van der Waals surface area contributed by atoms with E-state index in [1.165, 1.54) is 0 Å². The van der Waals surface area contributed by atoms with Crippen LogP contribution < -0.4 is 5.32 Å². The van der Waals surface area contributed by atoms with Crippen LogP contribution >= 0.6 is 0 Å². The maximum Gasteiger partial charge on any atom is 0.126 e. The fraction of sp³-hybridized carbons (Fsp3) is 1.00. The summed E-state index contributed by atoms with van der Waals surface area (Å²) < 4.78 is 5.47. The number of rotatable bonds is 2. The Morgan fingerprint density at radius 3 is 2.00 bits per heavy atom. The minimum absolute atomic E-state index is 0.226. The Kier molecular flexibility index (Phi) is 1.53. The highest BCUT2D eigenvalue weighted by molar-refractivity contribution is 5.01. The van der Waals surface area contributed by atoms with Gasteiger partial charge in [-0.2, -0.15) is 0 Å². The molecule has 0 spiro atoms. The van der Waals surface area contributed by atoms with Crippen molar-refractivity contribution in [3.05, 3.63) is 0 Å². The summed E-state index contributed by atoms with van der Waals surface area (Å²) in [5, 5.41) is 3.22. The first kappa shape index (κ1) is 7.03. The van der Waals surface area contributed by atoms with Crippen molar-refractivity contribution < 1.29 is 4.74 Å². The Morgan fingerprint density at radius 2 is 1.89 bits per heavy atom. The molecular weight excluding hydrogens is 114 g/mol. The molecule has 0 saturated carbocycles. The predicted octanol–water partition coefficient (Wildman–Crippen LogP) is 1.12. The van der Waals surface area contributed by atoms with Gasteiger partial charge in [-0.15, -0.1) is 0 Å². The molecule has 54 valence electrons. The molecule has 1 aliphatic heterocycles. The van der Waals surface area contributed by atoms with Crippen LogP contribution in [-0.2, 0) is 4.74 Å². The van der Waals surface area contributed by atoms with Crippen molar-refractivity contribution in [2.45, 2.75) is 45.6 Å². The third kappa shape index (κ3) is 1.66. The van der Waals surface area contributed by atoms with Gasteiger partial charge in [0, 0.05) is 0 Å². The molecule has 0 radical (unpaired) electrons. The van der Waals surface area contributed by atoms with Crippen molar-refractivity contribution in [1.82, 2.24) is 5.32 Å². The van der Waals surface area contributed by atoms with Crippen molar-refractivity contribution in [2.24, 2.45) is 0 Å². The Morgan fingerprint density at radius 1 is 1.44 bits per heavy atom. The zero-order valence-corrected chi connectivity index (χ0v) is 6.56. The van der Waals surface area contributed by atoms with Gasteiger partial charge in [0.15, 0.2) is 0 Å². The fourth-order valence-corrected chi connectivity index (χ4v) is 0.772. The van der Waals surface area contributed by atoms with Crippen LogP contribution in [0.1, 0.15) is 27.7 Å². The minimum atomic E-state index is 0.226. The molecule has 1 fully saturated rings. The van der Waals surface area contributed by atoms with Gasteiger partial charge in [0.05, 0.1) is 11.6 Å². The van der Waals surface area contributed by atoms with Crippen molar-refractivity contribution in [3.8, 4) is 0 Å². The molecule has 0 amide bonds. The lowest BCUT2D eigenvalue weighted by atomic mass is 10.2. The van der Waals surface area contributed by atoms with Gasteiger partial charge in [-0.3, -0.25) is 5.32 Å². The van der Waals surface area contributed by atoms with E-state index in [0.29, 0.717) is 6.10 Å². The van der Waals surface area contributed by atoms with Gasteiger partial charge in [-0.25, -0.2) is 0 Å². The van der Waals surface area contributed by atoms with Crippen LogP contribution in [0.2, 0.25) is 0 Å². The van der Waals surface area contributed by atoms with Gasteiger partial charge < -0.3 is 4.74 Å². The topological polar surface area (TPSA) is 31.2 Å². The highest BCUT2D eigenvalue weighted by Crippen LogP contribution is 2.26. The van der Waals surface area contributed by atoms with Crippen LogP contribution in [0.25, 0.3) is 0 Å². The average molecular weight is 129 g/mol. The summed E-state index contributed by atoms with van der Waals surface area (Å²) in [4.78, 5) is 0. The van der Waals surface area contributed by atoms with Crippen LogP contribution in [-0.4, -0.2) is 17.9 Å². The van der Waals surface area contributed by atoms with Crippen LogP contribution in [0.5, 0.6) is 0 Å². The molecule has 1 saturated heterocycles. The molecule has 0 aromatic carbocycles. The van der Waals surface area contributed by atoms with Crippen molar-refractivity contribution >= 4 is 0 Å². The van der Waals surface area contributed by atoms with Crippen molar-refractivity contribution in [3.63, 3.8) is 0 Å². The third-order valence-corrected chi connectivity index (χ3v) is 1.48. The van der Waals surface area contributed by atoms with E-state index in [4.69, 9.17) is 4.74 Å². The molecule has 1 rings (SSSR count). The lowest BCUT2D eigenvalue weighted by Gasteiger charge is -2.05. The second-order valence-corrected chi connectivity index (χ2v) is 3.43. The van der Waals surface area contributed by atoms with E-state index in [1.807, 2.05) is 0 Å². The van der Waals surface area contributed by atoms with E-state index in [1.54, 1.807) is 0 Å². The maximum absolute atomic E-state index is 5.47. The number of nitrogens with one attached hydrogen (secondary N) is 1. The summed E-state index contributed by atoms with van der Waals surface area (Å²) in [5.41, 5.74) is 0.226. The number of hydrogen-bond acceptors (Lipinski definition) is 2. The number of hydrogen-bond donors (Lipinski definition) is 1. The molecule has 0 aliphatic carbocycles. The zero-order valence-electron chi connectivity index (χ0n) is 6.56. The van der Waals surface area contributed by atoms with E-state index in [0.717, 1.165) is 0 Å². The van der Waals surface area contributed by atoms with E-state index in [-0.39, 0.29) is 11.8 Å². The fourth-order valence-electron chi connectivity index (χ4n) is 0.772. The van der Waals surface area contributed by atoms with Crippen LogP contribution in [0.15, 0.2) is 0 Å². The summed E-state index contributed by atoms with van der Waals surface area (Å²) in [6.07, 6.45) is 0.627. The monoisotopic (exact) mass is 129 g/mol. The van der Waals surface area contributed by atoms with Crippen LogP contribution in [0, 0.1) is 0 Å². The molecule has 1 aliphatic rings. The lowest BCUT2D eigenvalue weighted by molar-refractivity contribution is 0.0517. The van der Waals surface area contributed by atoms with Gasteiger partial charge >= 0.3 is 0 Å². The third-order valence-electron chi connectivity index (χ3n) is 1.48. The Bertz CT molecular complexity index is 109. The average Bonchev–Trinajstić information content (AvgIpc) is 2.10. The molecular formula is C7H15NO. The quantitative estimate of drug-likeness (QED) is 0.566. The van der Waals surface area contributed by atoms with Gasteiger partial charge in [0.2, 0.25) is 0 Å². The van der Waals surface area contributed by atoms with E-state index >= 15 is 0 Å². The van der Waals surface area contributed by atoms with Gasteiger partial charge in [0.25, 0.3) is 0 Å². The molecule has 0 bridgehead atoms. The first-order chi connectivity index (χ1) is 4.02. The first-order valence-electron chi connectivity index (χ1n) is 3.45. The van der Waals surface area contributed by atoms with Crippen molar-refractivity contribution in [1.29, 1.82) is 0 Å². The van der Waals surface area contributed by atoms with Crippen LogP contribution in [0.3, 0.4) is 0 Å². The standard InChI is InChI=1S/C7H15NO/c1-5(2)9-6-7(3,4)8-6/h5-6,8H,1-4H3. The molecule has 2 heteroatoms. The minimum Gasteiger partial charge on any atom is -0.359 e. The Balaban J connectivity index is 2.20. The second-order valence-electron chi connectivity index (χ2n) is 3.43. The largest absolute Gasteiger partial charge is 0.359 e. The van der Waals surface area contributed by atoms with E-state index < -0.39 is 0 Å². The Hall–Kier alpha value is -0.0800. The van der Waals surface area contributed by atoms with E-state index in [9.17, 15) is 0 Å².